The molecule has 5 aromatic rings. The zero-order chi connectivity index (χ0) is 26.8. The fraction of sp³-hybridized carbons (Fsp3) is 0.207. The molecular formula is C29H26FNO. The molecule has 0 fully saturated rings. The molecule has 0 saturated heterocycles. The third-order valence-corrected chi connectivity index (χ3v) is 5.37. The molecule has 0 bridgehead atoms. The van der Waals surface area contributed by atoms with Gasteiger partial charge in [0.25, 0.3) is 0 Å². The second kappa shape index (κ2) is 7.59. The normalized spacial score (nSPS) is 15.2. The minimum Gasteiger partial charge on any atom is -0.455 e. The number of para-hydroxylation sites is 1. The highest BCUT2D eigenvalue weighted by atomic mass is 19.1. The number of aryl methyl sites for hydroxylation is 1. The van der Waals surface area contributed by atoms with Crippen LogP contribution in [-0.4, -0.2) is 4.98 Å². The number of hydrogen-bond acceptors (Lipinski definition) is 2. The Labute approximate surface area is 194 Å². The number of furan rings is 1. The Morgan fingerprint density at radius 3 is 2.50 bits per heavy atom. The van der Waals surface area contributed by atoms with E-state index in [0.29, 0.717) is 33.6 Å². The number of nitrogens with zero attached hydrogens (tertiary/aromatic N) is 1. The van der Waals surface area contributed by atoms with E-state index >= 15 is 4.39 Å². The third-order valence-electron chi connectivity index (χ3n) is 5.37. The lowest BCUT2D eigenvalue weighted by Crippen LogP contribution is -2.10. The molecule has 32 heavy (non-hydrogen) atoms. The van der Waals surface area contributed by atoms with Crippen LogP contribution in [0.4, 0.5) is 4.39 Å². The van der Waals surface area contributed by atoms with Crippen LogP contribution in [0.3, 0.4) is 0 Å². The van der Waals surface area contributed by atoms with Crippen molar-refractivity contribution in [1.82, 2.24) is 4.98 Å². The van der Waals surface area contributed by atoms with Crippen LogP contribution < -0.4 is 0 Å². The predicted octanol–water partition coefficient (Wildman–Crippen LogP) is 8.35. The molecule has 0 aliphatic rings. The Balaban J connectivity index is 1.80. The van der Waals surface area contributed by atoms with Crippen molar-refractivity contribution in [2.24, 2.45) is 5.41 Å². The molecule has 0 radical (unpaired) electrons. The van der Waals surface area contributed by atoms with Gasteiger partial charge in [-0.05, 0) is 59.6 Å². The predicted molar refractivity (Wildman–Crippen MR) is 130 cm³/mol. The summed E-state index contributed by atoms with van der Waals surface area (Å²) in [4.78, 5) is 4.43. The Morgan fingerprint density at radius 1 is 0.969 bits per heavy atom. The zero-order valence-corrected chi connectivity index (χ0v) is 18.2. The molecule has 0 saturated carbocycles. The number of fused-ring (bicyclic) bond motifs is 3. The largest absolute Gasteiger partial charge is 0.455 e. The highest BCUT2D eigenvalue weighted by molar-refractivity contribution is 6.12. The second-order valence-corrected chi connectivity index (χ2v) is 8.94. The molecule has 0 aliphatic carbocycles. The number of rotatable bonds is 3. The van der Waals surface area contributed by atoms with Crippen LogP contribution in [0.2, 0.25) is 0 Å². The van der Waals surface area contributed by atoms with Gasteiger partial charge in [0.05, 0.1) is 11.3 Å². The maximum Gasteiger partial charge on any atom is 0.146 e. The molecular weight excluding hydrogens is 397 g/mol. The van der Waals surface area contributed by atoms with Crippen LogP contribution in [0.1, 0.15) is 38.8 Å². The first kappa shape index (κ1) is 15.4. The summed E-state index contributed by atoms with van der Waals surface area (Å²) in [6, 6.07) is 19.3. The van der Waals surface area contributed by atoms with Gasteiger partial charge in [-0.3, -0.25) is 4.98 Å². The van der Waals surface area contributed by atoms with E-state index in [1.165, 1.54) is 18.3 Å². The quantitative estimate of drug-likeness (QED) is 0.288. The Hall–Kier alpha value is -3.46. The lowest BCUT2D eigenvalue weighted by Gasteiger charge is -2.20. The number of halogens is 1. The van der Waals surface area contributed by atoms with Crippen molar-refractivity contribution in [3.63, 3.8) is 0 Å². The van der Waals surface area contributed by atoms with Crippen LogP contribution in [0.5, 0.6) is 0 Å². The lowest BCUT2D eigenvalue weighted by atomic mass is 9.86. The van der Waals surface area contributed by atoms with Gasteiger partial charge in [0, 0.05) is 29.4 Å². The topological polar surface area (TPSA) is 26.0 Å². The SMILES string of the molecule is [2H]C([2H])([2H])c1cnc(-c2cccc3c2oc2c(-c4ccccc4)c(F)ccc23)cc1C([2H])([2H])C(C)(C)C. The Bertz CT molecular complexity index is 1630. The van der Waals surface area contributed by atoms with Crippen molar-refractivity contribution in [3.8, 4) is 22.4 Å². The summed E-state index contributed by atoms with van der Waals surface area (Å²) >= 11 is 0. The molecule has 0 spiro atoms. The Kier molecular flexibility index (Phi) is 3.65. The maximum atomic E-state index is 15.0. The van der Waals surface area contributed by atoms with Crippen molar-refractivity contribution in [1.29, 1.82) is 0 Å². The fourth-order valence-corrected chi connectivity index (χ4v) is 4.02. The van der Waals surface area contributed by atoms with Gasteiger partial charge in [-0.1, -0.05) is 63.2 Å². The van der Waals surface area contributed by atoms with Gasteiger partial charge in [-0.15, -0.1) is 0 Å². The molecule has 0 N–H and O–H groups in total. The minimum atomic E-state index is -2.53. The molecule has 2 nitrogen and oxygen atoms in total. The van der Waals surface area contributed by atoms with Gasteiger partial charge in [-0.2, -0.15) is 0 Å². The molecule has 0 unspecified atom stereocenters. The Morgan fingerprint density at radius 2 is 1.75 bits per heavy atom. The van der Waals surface area contributed by atoms with Gasteiger partial charge < -0.3 is 4.42 Å². The standard InChI is InChI=1S/C29H26FNO/c1-18-17-31-25(15-20(18)16-29(2,3)4)23-12-8-11-21-22-13-14-24(30)26(28(22)32-27(21)23)19-9-6-5-7-10-19/h5-15,17H,16H2,1-4H3/i1D3,16D2. The summed E-state index contributed by atoms with van der Waals surface area (Å²) in [5, 5.41) is 1.49. The van der Waals surface area contributed by atoms with Crippen molar-refractivity contribution in [2.75, 3.05) is 0 Å². The molecule has 0 aliphatic heterocycles. The van der Waals surface area contributed by atoms with Gasteiger partial charge in [-0.25, -0.2) is 4.39 Å². The van der Waals surface area contributed by atoms with E-state index in [4.69, 9.17) is 11.3 Å². The third kappa shape index (κ3) is 3.58. The monoisotopic (exact) mass is 428 g/mol. The van der Waals surface area contributed by atoms with Crippen molar-refractivity contribution in [3.05, 3.63) is 89.9 Å². The molecule has 3 heteroatoms. The number of hydrogen-bond donors (Lipinski definition) is 0. The maximum absolute atomic E-state index is 15.0. The van der Waals surface area contributed by atoms with E-state index in [-0.39, 0.29) is 11.1 Å². The zero-order valence-electron chi connectivity index (χ0n) is 23.2. The van der Waals surface area contributed by atoms with E-state index in [1.807, 2.05) is 42.5 Å². The number of benzene rings is 3. The average molecular weight is 429 g/mol. The minimum absolute atomic E-state index is 0.0640. The highest BCUT2D eigenvalue weighted by Crippen LogP contribution is 2.40. The highest BCUT2D eigenvalue weighted by Gasteiger charge is 2.20. The first-order chi connectivity index (χ1) is 17.3. The summed E-state index contributed by atoms with van der Waals surface area (Å²) in [5.74, 6) is -0.403. The molecule has 2 heterocycles. The molecule has 0 amide bonds. The summed E-state index contributed by atoms with van der Waals surface area (Å²) < 4.78 is 62.9. The van der Waals surface area contributed by atoms with Crippen LogP contribution in [-0.2, 0) is 6.37 Å². The summed E-state index contributed by atoms with van der Waals surface area (Å²) in [6.45, 7) is 2.66. The summed E-state index contributed by atoms with van der Waals surface area (Å²) in [7, 11) is 0. The molecule has 2 aromatic heterocycles. The fourth-order valence-electron chi connectivity index (χ4n) is 4.02. The first-order valence-electron chi connectivity index (χ1n) is 13.0. The van der Waals surface area contributed by atoms with Crippen LogP contribution in [0.25, 0.3) is 44.3 Å². The van der Waals surface area contributed by atoms with E-state index in [0.717, 1.165) is 10.8 Å². The smallest absolute Gasteiger partial charge is 0.146 e. The van der Waals surface area contributed by atoms with Gasteiger partial charge >= 0.3 is 0 Å². The van der Waals surface area contributed by atoms with Crippen molar-refractivity contribution in [2.45, 2.75) is 34.0 Å². The van der Waals surface area contributed by atoms with Crippen LogP contribution >= 0.6 is 0 Å². The molecule has 5 rings (SSSR count). The van der Waals surface area contributed by atoms with E-state index in [2.05, 4.69) is 4.98 Å². The average Bonchev–Trinajstić information content (AvgIpc) is 3.21. The van der Waals surface area contributed by atoms with Crippen molar-refractivity contribution < 1.29 is 15.7 Å². The lowest BCUT2D eigenvalue weighted by molar-refractivity contribution is 0.410. The van der Waals surface area contributed by atoms with E-state index < -0.39 is 24.5 Å². The molecule has 160 valence electrons. The molecule has 3 aromatic carbocycles. The van der Waals surface area contributed by atoms with Gasteiger partial charge in [0.15, 0.2) is 0 Å². The van der Waals surface area contributed by atoms with Crippen LogP contribution in [0, 0.1) is 18.1 Å². The molecule has 0 atom stereocenters. The second-order valence-electron chi connectivity index (χ2n) is 8.94. The summed E-state index contributed by atoms with van der Waals surface area (Å²) in [5.41, 5.74) is 1.92. The van der Waals surface area contributed by atoms with E-state index in [1.54, 1.807) is 32.9 Å². The summed E-state index contributed by atoms with van der Waals surface area (Å²) in [6.07, 6.45) is -0.725. The van der Waals surface area contributed by atoms with Gasteiger partial charge in [0.2, 0.25) is 0 Å². The number of aromatic nitrogens is 1. The van der Waals surface area contributed by atoms with Crippen LogP contribution in [0.15, 0.2) is 77.3 Å². The van der Waals surface area contributed by atoms with Gasteiger partial charge in [0.1, 0.15) is 17.0 Å². The number of pyridine rings is 1. The van der Waals surface area contributed by atoms with Crippen molar-refractivity contribution >= 4 is 21.9 Å². The first-order valence-corrected chi connectivity index (χ1v) is 10.5. The van der Waals surface area contributed by atoms with E-state index in [9.17, 15) is 0 Å².